The van der Waals surface area contributed by atoms with Gasteiger partial charge in [-0.2, -0.15) is 0 Å². The van der Waals surface area contributed by atoms with Crippen LogP contribution in [0.3, 0.4) is 0 Å². The molecular formula is C20H24Cl2N2O2. The molecule has 1 amide bonds. The maximum atomic E-state index is 12.3. The van der Waals surface area contributed by atoms with Crippen molar-refractivity contribution in [2.24, 2.45) is 5.92 Å². The molecule has 1 aliphatic heterocycles. The summed E-state index contributed by atoms with van der Waals surface area (Å²) in [6.07, 6.45) is 2.21. The number of rotatable bonds is 7. The van der Waals surface area contributed by atoms with Crippen LogP contribution in [0.1, 0.15) is 28.8 Å². The fourth-order valence-corrected chi connectivity index (χ4v) is 3.19. The van der Waals surface area contributed by atoms with Gasteiger partial charge in [-0.15, -0.1) is 12.4 Å². The number of amides is 1. The molecule has 0 aromatic heterocycles. The van der Waals surface area contributed by atoms with E-state index in [-0.39, 0.29) is 18.3 Å². The van der Waals surface area contributed by atoms with Gasteiger partial charge in [0.05, 0.1) is 0 Å². The zero-order valence-electron chi connectivity index (χ0n) is 14.5. The van der Waals surface area contributed by atoms with Crippen molar-refractivity contribution in [3.63, 3.8) is 0 Å². The van der Waals surface area contributed by atoms with E-state index >= 15 is 0 Å². The first-order valence-corrected chi connectivity index (χ1v) is 9.05. The quantitative estimate of drug-likeness (QED) is 0.743. The van der Waals surface area contributed by atoms with Gasteiger partial charge in [0.2, 0.25) is 0 Å². The number of halogens is 2. The molecule has 2 N–H and O–H groups in total. The molecule has 0 aliphatic carbocycles. The predicted molar refractivity (Wildman–Crippen MR) is 107 cm³/mol. The lowest BCUT2D eigenvalue weighted by Gasteiger charge is -2.11. The highest BCUT2D eigenvalue weighted by atomic mass is 35.5. The van der Waals surface area contributed by atoms with E-state index < -0.39 is 0 Å². The number of hydrogen-bond donors (Lipinski definition) is 2. The van der Waals surface area contributed by atoms with Crippen molar-refractivity contribution in [1.29, 1.82) is 0 Å². The molecule has 26 heavy (non-hydrogen) atoms. The normalized spacial score (nSPS) is 16.0. The summed E-state index contributed by atoms with van der Waals surface area (Å²) in [4.78, 5) is 12.3. The van der Waals surface area contributed by atoms with Gasteiger partial charge in [0.15, 0.2) is 0 Å². The molecule has 140 valence electrons. The molecule has 1 atom stereocenters. The minimum atomic E-state index is -0.0563. The van der Waals surface area contributed by atoms with Crippen LogP contribution in [0.15, 0.2) is 48.5 Å². The highest BCUT2D eigenvalue weighted by molar-refractivity contribution is 6.30. The molecule has 3 rings (SSSR count). The SMILES string of the molecule is Cl.O=C(NCCC1CCNC1)c1cccc(OCc2cccc(Cl)c2)c1. The second kappa shape index (κ2) is 10.4. The highest BCUT2D eigenvalue weighted by Crippen LogP contribution is 2.17. The van der Waals surface area contributed by atoms with E-state index in [2.05, 4.69) is 10.6 Å². The molecule has 2 aromatic carbocycles. The van der Waals surface area contributed by atoms with E-state index in [1.54, 1.807) is 12.1 Å². The number of ether oxygens (including phenoxy) is 1. The van der Waals surface area contributed by atoms with E-state index in [1.165, 1.54) is 6.42 Å². The molecule has 0 saturated carbocycles. The van der Waals surface area contributed by atoms with Crippen molar-refractivity contribution < 1.29 is 9.53 Å². The molecule has 6 heteroatoms. The van der Waals surface area contributed by atoms with Crippen molar-refractivity contribution in [3.05, 3.63) is 64.7 Å². The van der Waals surface area contributed by atoms with Crippen molar-refractivity contribution in [2.75, 3.05) is 19.6 Å². The summed E-state index contributed by atoms with van der Waals surface area (Å²) < 4.78 is 5.78. The number of benzene rings is 2. The average Bonchev–Trinajstić information content (AvgIpc) is 3.14. The highest BCUT2D eigenvalue weighted by Gasteiger charge is 2.14. The molecule has 1 aliphatic rings. The molecule has 4 nitrogen and oxygen atoms in total. The maximum absolute atomic E-state index is 12.3. The fraction of sp³-hybridized carbons (Fsp3) is 0.350. The minimum absolute atomic E-state index is 0. The molecular weight excluding hydrogens is 371 g/mol. The first-order chi connectivity index (χ1) is 12.2. The Bertz CT molecular complexity index is 718. The largest absolute Gasteiger partial charge is 0.489 e. The third-order valence-electron chi connectivity index (χ3n) is 4.39. The molecule has 0 spiro atoms. The maximum Gasteiger partial charge on any atom is 0.251 e. The van der Waals surface area contributed by atoms with Gasteiger partial charge in [-0.05, 0) is 67.7 Å². The van der Waals surface area contributed by atoms with Gasteiger partial charge >= 0.3 is 0 Å². The first-order valence-electron chi connectivity index (χ1n) is 8.67. The third-order valence-corrected chi connectivity index (χ3v) is 4.63. The van der Waals surface area contributed by atoms with Crippen LogP contribution >= 0.6 is 24.0 Å². The smallest absolute Gasteiger partial charge is 0.251 e. The Morgan fingerprint density at radius 3 is 2.85 bits per heavy atom. The Morgan fingerprint density at radius 2 is 2.08 bits per heavy atom. The molecule has 1 fully saturated rings. The molecule has 0 radical (unpaired) electrons. The summed E-state index contributed by atoms with van der Waals surface area (Å²) in [5.74, 6) is 1.29. The van der Waals surface area contributed by atoms with Crippen LogP contribution in [0.5, 0.6) is 5.75 Å². The summed E-state index contributed by atoms with van der Waals surface area (Å²) in [7, 11) is 0. The van der Waals surface area contributed by atoms with Gasteiger partial charge in [-0.1, -0.05) is 29.8 Å². The molecule has 1 heterocycles. The summed E-state index contributed by atoms with van der Waals surface area (Å²) in [6.45, 7) is 3.27. The van der Waals surface area contributed by atoms with E-state index in [0.717, 1.165) is 25.1 Å². The summed E-state index contributed by atoms with van der Waals surface area (Å²) >= 11 is 5.98. The lowest BCUT2D eigenvalue weighted by molar-refractivity contribution is 0.0951. The Hall–Kier alpha value is -1.75. The molecule has 2 aromatic rings. The molecule has 0 bridgehead atoms. The van der Waals surface area contributed by atoms with Crippen LogP contribution in [-0.4, -0.2) is 25.5 Å². The summed E-state index contributed by atoms with van der Waals surface area (Å²) in [5, 5.41) is 7.02. The molecule has 1 saturated heterocycles. The Morgan fingerprint density at radius 1 is 1.23 bits per heavy atom. The lowest BCUT2D eigenvalue weighted by atomic mass is 10.1. The Kier molecular flexibility index (Phi) is 8.23. The first kappa shape index (κ1) is 20.6. The topological polar surface area (TPSA) is 50.4 Å². The second-order valence-corrected chi connectivity index (χ2v) is 6.79. The number of carbonyl (C=O) groups is 1. The van der Waals surface area contributed by atoms with Crippen LogP contribution in [-0.2, 0) is 6.61 Å². The summed E-state index contributed by atoms with van der Waals surface area (Å²) in [6, 6.07) is 14.8. The van der Waals surface area contributed by atoms with E-state index in [9.17, 15) is 4.79 Å². The third kappa shape index (κ3) is 6.20. The number of hydrogen-bond acceptors (Lipinski definition) is 3. The standard InChI is InChI=1S/C20H23ClN2O2.ClH/c21-18-5-1-3-16(11-18)14-25-19-6-2-4-17(12-19)20(24)23-10-8-15-7-9-22-13-15;/h1-6,11-12,15,22H,7-10,13-14H2,(H,23,24);1H. The van der Waals surface area contributed by atoms with E-state index in [1.807, 2.05) is 36.4 Å². The van der Waals surface area contributed by atoms with Crippen LogP contribution in [0.25, 0.3) is 0 Å². The van der Waals surface area contributed by atoms with E-state index in [4.69, 9.17) is 16.3 Å². The van der Waals surface area contributed by atoms with Crippen molar-refractivity contribution >= 4 is 29.9 Å². The van der Waals surface area contributed by atoms with Crippen molar-refractivity contribution in [2.45, 2.75) is 19.4 Å². The van der Waals surface area contributed by atoms with Crippen molar-refractivity contribution in [1.82, 2.24) is 10.6 Å². The van der Waals surface area contributed by atoms with Crippen LogP contribution < -0.4 is 15.4 Å². The lowest BCUT2D eigenvalue weighted by Crippen LogP contribution is -2.26. The van der Waals surface area contributed by atoms with Crippen molar-refractivity contribution in [3.8, 4) is 5.75 Å². The Labute approximate surface area is 165 Å². The monoisotopic (exact) mass is 394 g/mol. The zero-order chi connectivity index (χ0) is 17.5. The average molecular weight is 395 g/mol. The second-order valence-electron chi connectivity index (χ2n) is 6.35. The predicted octanol–water partition coefficient (Wildman–Crippen LogP) is 4.07. The van der Waals surface area contributed by atoms with Crippen LogP contribution in [0.2, 0.25) is 5.02 Å². The van der Waals surface area contributed by atoms with Gasteiger partial charge in [0.1, 0.15) is 12.4 Å². The zero-order valence-corrected chi connectivity index (χ0v) is 16.1. The summed E-state index contributed by atoms with van der Waals surface area (Å²) in [5.41, 5.74) is 1.61. The molecule has 1 unspecified atom stereocenters. The minimum Gasteiger partial charge on any atom is -0.489 e. The number of nitrogens with one attached hydrogen (secondary N) is 2. The van der Waals surface area contributed by atoms with Crippen LogP contribution in [0, 0.1) is 5.92 Å². The van der Waals surface area contributed by atoms with E-state index in [0.29, 0.717) is 35.4 Å². The van der Waals surface area contributed by atoms with Gasteiger partial charge < -0.3 is 15.4 Å². The van der Waals surface area contributed by atoms with Crippen LogP contribution in [0.4, 0.5) is 0 Å². The Balaban J connectivity index is 0.00000243. The van der Waals surface area contributed by atoms with Gasteiger partial charge in [0, 0.05) is 17.1 Å². The van der Waals surface area contributed by atoms with Gasteiger partial charge in [-0.25, -0.2) is 0 Å². The fourth-order valence-electron chi connectivity index (χ4n) is 2.97. The van der Waals surface area contributed by atoms with Gasteiger partial charge in [0.25, 0.3) is 5.91 Å². The van der Waals surface area contributed by atoms with Gasteiger partial charge in [-0.3, -0.25) is 4.79 Å². The number of carbonyl (C=O) groups excluding carboxylic acids is 1.